The topological polar surface area (TPSA) is 84.2 Å². The van der Waals surface area contributed by atoms with Crippen molar-refractivity contribution in [3.63, 3.8) is 0 Å². The van der Waals surface area contributed by atoms with E-state index in [0.717, 1.165) is 11.1 Å². The van der Waals surface area contributed by atoms with Gasteiger partial charge in [-0.25, -0.2) is 12.9 Å². The summed E-state index contributed by atoms with van der Waals surface area (Å²) in [6, 6.07) is 10.4. The largest absolute Gasteiger partial charge is 0.378 e. The van der Waals surface area contributed by atoms with E-state index in [0.29, 0.717) is 62.8 Å². The molecule has 174 valence electrons. The molecule has 0 radical (unpaired) electrons. The van der Waals surface area contributed by atoms with Crippen LogP contribution in [0.5, 0.6) is 0 Å². The van der Waals surface area contributed by atoms with Gasteiger partial charge in [0.1, 0.15) is 0 Å². The molecule has 0 saturated carbocycles. The molecule has 5 rings (SSSR count). The average Bonchev–Trinajstić information content (AvgIpc) is 3.27. The van der Waals surface area contributed by atoms with Crippen molar-refractivity contribution in [1.82, 2.24) is 18.8 Å². The van der Waals surface area contributed by atoms with Gasteiger partial charge in [0.05, 0.1) is 35.4 Å². The number of aromatic nitrogens is 2. The first-order chi connectivity index (χ1) is 15.9. The Kier molecular flexibility index (Phi) is 6.13. The van der Waals surface area contributed by atoms with Crippen LogP contribution in [0.15, 0.2) is 53.7 Å². The Bertz CT molecular complexity index is 1280. The van der Waals surface area contributed by atoms with Crippen LogP contribution in [0.4, 0.5) is 0 Å². The number of rotatable bonds is 4. The minimum absolute atomic E-state index is 0.0344. The van der Waals surface area contributed by atoms with Crippen molar-refractivity contribution in [2.24, 2.45) is 0 Å². The Morgan fingerprint density at radius 2 is 1.82 bits per heavy atom. The van der Waals surface area contributed by atoms with Gasteiger partial charge in [-0.1, -0.05) is 17.7 Å². The van der Waals surface area contributed by atoms with Crippen LogP contribution in [0.2, 0.25) is 5.02 Å². The molecule has 0 atom stereocenters. The van der Waals surface area contributed by atoms with Crippen LogP contribution in [-0.4, -0.2) is 72.5 Å². The lowest BCUT2D eigenvalue weighted by atomic mass is 9.90. The third-order valence-corrected chi connectivity index (χ3v) is 8.56. The molecule has 0 N–H and O–H groups in total. The average molecular weight is 489 g/mol. The Morgan fingerprint density at radius 1 is 1.06 bits per heavy atom. The van der Waals surface area contributed by atoms with E-state index in [1.165, 1.54) is 10.4 Å². The molecule has 2 fully saturated rings. The fourth-order valence-corrected chi connectivity index (χ4v) is 6.33. The van der Waals surface area contributed by atoms with Gasteiger partial charge >= 0.3 is 0 Å². The van der Waals surface area contributed by atoms with Crippen LogP contribution in [0, 0.1) is 0 Å². The highest BCUT2D eigenvalue weighted by atomic mass is 35.5. The Hall–Kier alpha value is -2.46. The number of hydrogen-bond acceptors (Lipinski definition) is 5. The highest BCUT2D eigenvalue weighted by Crippen LogP contribution is 2.32. The maximum absolute atomic E-state index is 13.0. The minimum atomic E-state index is -3.57. The minimum Gasteiger partial charge on any atom is -0.378 e. The second-order valence-electron chi connectivity index (χ2n) is 8.39. The van der Waals surface area contributed by atoms with E-state index in [1.54, 1.807) is 33.8 Å². The number of halogens is 1. The third-order valence-electron chi connectivity index (χ3n) is 6.43. The number of ether oxygens (including phenoxy) is 1. The summed E-state index contributed by atoms with van der Waals surface area (Å²) in [4.78, 5) is 15.0. The van der Waals surface area contributed by atoms with Crippen molar-refractivity contribution in [2.75, 3.05) is 39.4 Å². The van der Waals surface area contributed by atoms with Crippen molar-refractivity contribution in [2.45, 2.75) is 23.7 Å². The molecule has 0 spiro atoms. The molecule has 2 saturated heterocycles. The number of piperidine rings is 1. The number of sulfonamides is 1. The predicted molar refractivity (Wildman–Crippen MR) is 124 cm³/mol. The van der Waals surface area contributed by atoms with E-state index in [1.807, 2.05) is 18.3 Å². The smallest absolute Gasteiger partial charge is 0.257 e. The lowest BCUT2D eigenvalue weighted by Crippen LogP contribution is -2.40. The quantitative estimate of drug-likeness (QED) is 0.563. The molecule has 2 aromatic heterocycles. The van der Waals surface area contributed by atoms with Crippen molar-refractivity contribution in [3.05, 3.63) is 64.9 Å². The molecule has 3 aromatic rings. The lowest BCUT2D eigenvalue weighted by Gasteiger charge is -2.31. The number of pyridine rings is 1. The zero-order valence-electron chi connectivity index (χ0n) is 18.1. The Balaban J connectivity index is 1.33. The van der Waals surface area contributed by atoms with Crippen LogP contribution < -0.4 is 0 Å². The fourth-order valence-electron chi connectivity index (χ4n) is 4.56. The summed E-state index contributed by atoms with van der Waals surface area (Å²) in [6.45, 7) is 3.12. The van der Waals surface area contributed by atoms with Crippen LogP contribution in [0.25, 0.3) is 5.52 Å². The second kappa shape index (κ2) is 9.06. The van der Waals surface area contributed by atoms with Crippen LogP contribution in [0.3, 0.4) is 0 Å². The second-order valence-corrected chi connectivity index (χ2v) is 10.8. The van der Waals surface area contributed by atoms with Gasteiger partial charge in [-0.3, -0.25) is 4.79 Å². The number of amides is 1. The molecule has 8 nitrogen and oxygen atoms in total. The zero-order valence-corrected chi connectivity index (χ0v) is 19.6. The molecule has 0 bridgehead atoms. The summed E-state index contributed by atoms with van der Waals surface area (Å²) < 4.78 is 34.6. The van der Waals surface area contributed by atoms with Crippen LogP contribution >= 0.6 is 11.6 Å². The van der Waals surface area contributed by atoms with Gasteiger partial charge in [0, 0.05) is 37.4 Å². The molecule has 4 heterocycles. The zero-order chi connectivity index (χ0) is 23.0. The molecule has 2 aliphatic heterocycles. The highest BCUT2D eigenvalue weighted by molar-refractivity contribution is 7.89. The molecule has 33 heavy (non-hydrogen) atoms. The number of benzene rings is 1. The monoisotopic (exact) mass is 488 g/mol. The standard InChI is InChI=1S/C23H25ClN4O4S/c24-19-2-1-3-20(15-19)33(30,31)27-7-4-17(5-8-27)18-6-9-28-22(14-18)21(16-25-28)23(29)26-10-12-32-13-11-26/h1-3,6,9,14-17H,4-5,7-8,10-13H2. The summed E-state index contributed by atoms with van der Waals surface area (Å²) in [7, 11) is -3.57. The van der Waals surface area contributed by atoms with E-state index in [-0.39, 0.29) is 16.7 Å². The molecule has 0 unspecified atom stereocenters. The molecule has 10 heteroatoms. The SMILES string of the molecule is O=C(c1cnn2ccc(C3CCN(S(=O)(=O)c4cccc(Cl)c4)CC3)cc12)N1CCOCC1. The van der Waals surface area contributed by atoms with Crippen molar-refractivity contribution < 1.29 is 17.9 Å². The molecular weight excluding hydrogens is 464 g/mol. The molecule has 1 amide bonds. The summed E-state index contributed by atoms with van der Waals surface area (Å²) in [5.41, 5.74) is 2.46. The number of fused-ring (bicyclic) bond motifs is 1. The predicted octanol–water partition coefficient (Wildman–Crippen LogP) is 3.03. The van der Waals surface area contributed by atoms with E-state index in [4.69, 9.17) is 16.3 Å². The maximum Gasteiger partial charge on any atom is 0.257 e. The van der Waals surface area contributed by atoms with Crippen molar-refractivity contribution >= 4 is 33.0 Å². The Morgan fingerprint density at radius 3 is 2.55 bits per heavy atom. The van der Waals surface area contributed by atoms with E-state index in [2.05, 4.69) is 5.10 Å². The van der Waals surface area contributed by atoms with Gasteiger partial charge in [0.15, 0.2) is 0 Å². The van der Waals surface area contributed by atoms with Crippen LogP contribution in [-0.2, 0) is 14.8 Å². The summed E-state index contributed by atoms with van der Waals surface area (Å²) in [5, 5.41) is 4.75. The number of nitrogens with zero attached hydrogens (tertiary/aromatic N) is 4. The normalized spacial score (nSPS) is 18.6. The van der Waals surface area contributed by atoms with Gasteiger partial charge in [-0.2, -0.15) is 9.40 Å². The molecule has 0 aliphatic carbocycles. The van der Waals surface area contributed by atoms with Crippen molar-refractivity contribution in [3.8, 4) is 0 Å². The molecule has 1 aromatic carbocycles. The Labute approximate surface area is 197 Å². The first kappa shape index (κ1) is 22.3. The first-order valence-corrected chi connectivity index (χ1v) is 12.9. The lowest BCUT2D eigenvalue weighted by molar-refractivity contribution is 0.0304. The molecular formula is C23H25ClN4O4S. The van der Waals surface area contributed by atoms with Gasteiger partial charge in [0.25, 0.3) is 5.91 Å². The number of hydrogen-bond donors (Lipinski definition) is 0. The van der Waals surface area contributed by atoms with Gasteiger partial charge < -0.3 is 9.64 Å². The fraction of sp³-hybridized carbons (Fsp3) is 0.391. The summed E-state index contributed by atoms with van der Waals surface area (Å²) >= 11 is 5.99. The summed E-state index contributed by atoms with van der Waals surface area (Å²) in [6.07, 6.45) is 4.90. The van der Waals surface area contributed by atoms with Gasteiger partial charge in [0.2, 0.25) is 10.0 Å². The third kappa shape index (κ3) is 4.38. The van der Waals surface area contributed by atoms with Crippen molar-refractivity contribution in [1.29, 1.82) is 0 Å². The molecule has 2 aliphatic rings. The summed E-state index contributed by atoms with van der Waals surface area (Å²) in [5.74, 6) is 0.176. The maximum atomic E-state index is 13.0. The first-order valence-electron chi connectivity index (χ1n) is 11.0. The van der Waals surface area contributed by atoms with Crippen LogP contribution in [0.1, 0.15) is 34.7 Å². The van der Waals surface area contributed by atoms with E-state index in [9.17, 15) is 13.2 Å². The number of carbonyl (C=O) groups is 1. The van der Waals surface area contributed by atoms with Gasteiger partial charge in [-0.05, 0) is 54.7 Å². The van der Waals surface area contributed by atoms with E-state index < -0.39 is 10.0 Å². The number of morpholine rings is 1. The van der Waals surface area contributed by atoms with E-state index >= 15 is 0 Å². The van der Waals surface area contributed by atoms with Gasteiger partial charge in [-0.15, -0.1) is 0 Å². The number of carbonyl (C=O) groups excluding carboxylic acids is 1. The highest BCUT2D eigenvalue weighted by Gasteiger charge is 2.30.